The Bertz CT molecular complexity index is 522. The number of benzene rings is 1. The highest BCUT2D eigenvalue weighted by Crippen LogP contribution is 2.33. The largest absolute Gasteiger partial charge is 0.409 e. The molecule has 2 unspecified atom stereocenters. The van der Waals surface area contributed by atoms with Crippen molar-refractivity contribution in [2.75, 3.05) is 24.3 Å². The summed E-state index contributed by atoms with van der Waals surface area (Å²) in [4.78, 5) is 3.22. The van der Waals surface area contributed by atoms with Gasteiger partial charge in [0.15, 0.2) is 5.84 Å². The quantitative estimate of drug-likeness (QED) is 0.287. The number of amidine groups is 1. The number of rotatable bonds is 5. The lowest BCUT2D eigenvalue weighted by molar-refractivity contribution is 0.118. The molecule has 1 aliphatic heterocycles. The Labute approximate surface area is 130 Å². The van der Waals surface area contributed by atoms with Crippen LogP contribution in [0.15, 0.2) is 28.3 Å². The average molecular weight is 309 g/mol. The van der Waals surface area contributed by atoms with Crippen LogP contribution in [0.3, 0.4) is 0 Å². The van der Waals surface area contributed by atoms with Crippen molar-refractivity contribution >= 4 is 23.3 Å². The summed E-state index contributed by atoms with van der Waals surface area (Å²) in [5, 5.41) is 12.3. The van der Waals surface area contributed by atoms with Crippen LogP contribution in [-0.2, 0) is 4.74 Å². The summed E-state index contributed by atoms with van der Waals surface area (Å²) in [6.07, 6.45) is 1.16. The molecule has 0 amide bonds. The van der Waals surface area contributed by atoms with Gasteiger partial charge in [-0.15, -0.1) is 11.8 Å². The van der Waals surface area contributed by atoms with Crippen LogP contribution >= 0.6 is 11.8 Å². The lowest BCUT2D eigenvalue weighted by Gasteiger charge is -2.31. The van der Waals surface area contributed by atoms with E-state index in [4.69, 9.17) is 15.7 Å². The minimum atomic E-state index is 0.153. The Morgan fingerprint density at radius 1 is 1.57 bits per heavy atom. The molecule has 0 aliphatic carbocycles. The molecule has 1 aromatic rings. The summed E-state index contributed by atoms with van der Waals surface area (Å²) in [5.74, 6) is 1.09. The molecule has 5 nitrogen and oxygen atoms in total. The molecule has 3 N–H and O–H groups in total. The van der Waals surface area contributed by atoms with Crippen molar-refractivity contribution in [2.45, 2.75) is 37.3 Å². The second-order valence-corrected chi connectivity index (χ2v) is 6.42. The maximum absolute atomic E-state index is 9.11. The molecule has 21 heavy (non-hydrogen) atoms. The first kappa shape index (κ1) is 16.0. The van der Waals surface area contributed by atoms with E-state index in [2.05, 4.69) is 23.9 Å². The van der Waals surface area contributed by atoms with E-state index in [1.807, 2.05) is 25.2 Å². The monoisotopic (exact) mass is 309 g/mol. The van der Waals surface area contributed by atoms with Gasteiger partial charge in [-0.1, -0.05) is 18.1 Å². The molecule has 6 heteroatoms. The Morgan fingerprint density at radius 3 is 2.90 bits per heavy atom. The summed E-state index contributed by atoms with van der Waals surface area (Å²) in [6.45, 7) is 4.95. The zero-order valence-electron chi connectivity index (χ0n) is 12.7. The Morgan fingerprint density at radius 2 is 2.33 bits per heavy atom. The highest BCUT2D eigenvalue weighted by atomic mass is 32.2. The maximum atomic E-state index is 9.11. The number of hydrogen-bond acceptors (Lipinski definition) is 5. The van der Waals surface area contributed by atoms with Gasteiger partial charge in [-0.2, -0.15) is 0 Å². The van der Waals surface area contributed by atoms with Gasteiger partial charge in [-0.3, -0.25) is 0 Å². The molecule has 1 fully saturated rings. The van der Waals surface area contributed by atoms with E-state index >= 15 is 0 Å². The van der Waals surface area contributed by atoms with Crippen LogP contribution in [0.4, 0.5) is 5.69 Å². The van der Waals surface area contributed by atoms with Crippen molar-refractivity contribution in [3.8, 4) is 0 Å². The summed E-state index contributed by atoms with van der Waals surface area (Å²) < 4.78 is 5.65. The van der Waals surface area contributed by atoms with E-state index in [-0.39, 0.29) is 11.9 Å². The number of nitrogens with zero attached hydrogens (tertiary/aromatic N) is 2. The van der Waals surface area contributed by atoms with Crippen molar-refractivity contribution in [1.29, 1.82) is 0 Å². The van der Waals surface area contributed by atoms with Crippen LogP contribution < -0.4 is 10.6 Å². The fraction of sp³-hybridized carbons (Fsp3) is 0.533. The van der Waals surface area contributed by atoms with Gasteiger partial charge in [0.2, 0.25) is 0 Å². The van der Waals surface area contributed by atoms with E-state index in [0.29, 0.717) is 6.04 Å². The molecule has 2 rings (SSSR count). The smallest absolute Gasteiger partial charge is 0.173 e. The Kier molecular flexibility index (Phi) is 5.36. The fourth-order valence-corrected chi connectivity index (χ4v) is 3.64. The van der Waals surface area contributed by atoms with Gasteiger partial charge in [0.05, 0.1) is 17.7 Å². The fourth-order valence-electron chi connectivity index (χ4n) is 2.80. The number of likely N-dealkylation sites (N-methyl/N-ethyl adjacent to an activating group) is 1. The first-order valence-electron chi connectivity index (χ1n) is 7.18. The third-order valence-electron chi connectivity index (χ3n) is 3.88. The van der Waals surface area contributed by atoms with Crippen molar-refractivity contribution in [3.63, 3.8) is 0 Å². The second kappa shape index (κ2) is 7.04. The lowest BCUT2D eigenvalue weighted by Crippen LogP contribution is -2.38. The summed E-state index contributed by atoms with van der Waals surface area (Å²) in [5.41, 5.74) is 7.70. The van der Waals surface area contributed by atoms with Gasteiger partial charge in [-0.25, -0.2) is 0 Å². The van der Waals surface area contributed by atoms with Crippen LogP contribution in [0.5, 0.6) is 0 Å². The number of thioether (sulfide) groups is 1. The number of ether oxygens (including phenoxy) is 1. The number of hydrogen-bond donors (Lipinski definition) is 2. The minimum Gasteiger partial charge on any atom is -0.409 e. The molecule has 0 radical (unpaired) electrons. The van der Waals surface area contributed by atoms with Gasteiger partial charge in [-0.05, 0) is 31.2 Å². The molecule has 0 aromatic heterocycles. The van der Waals surface area contributed by atoms with E-state index < -0.39 is 0 Å². The molecule has 1 aromatic carbocycles. The molecule has 1 aliphatic rings. The van der Waals surface area contributed by atoms with Crippen molar-refractivity contribution < 1.29 is 9.94 Å². The van der Waals surface area contributed by atoms with Gasteiger partial charge >= 0.3 is 0 Å². The summed E-state index contributed by atoms with van der Waals surface area (Å²) >= 11 is 1.69. The minimum absolute atomic E-state index is 0.153. The molecule has 1 saturated heterocycles. The predicted molar refractivity (Wildman–Crippen MR) is 87.6 cm³/mol. The van der Waals surface area contributed by atoms with Gasteiger partial charge in [0.25, 0.3) is 0 Å². The molecule has 0 bridgehead atoms. The molecule has 1 heterocycles. The maximum Gasteiger partial charge on any atom is 0.173 e. The number of anilines is 1. The number of nitrogens with two attached hydrogens (primary N) is 1. The van der Waals surface area contributed by atoms with Crippen LogP contribution in [-0.4, -0.2) is 42.6 Å². The highest BCUT2D eigenvalue weighted by molar-refractivity contribution is 7.99. The molecular formula is C15H23N3O2S. The van der Waals surface area contributed by atoms with Gasteiger partial charge in [0, 0.05) is 24.2 Å². The van der Waals surface area contributed by atoms with E-state index in [0.717, 1.165) is 34.9 Å². The first-order chi connectivity index (χ1) is 10.1. The summed E-state index contributed by atoms with van der Waals surface area (Å²) in [7, 11) is 2.04. The highest BCUT2D eigenvalue weighted by Gasteiger charge is 2.30. The first-order valence-corrected chi connectivity index (χ1v) is 8.16. The van der Waals surface area contributed by atoms with Crippen LogP contribution in [0, 0.1) is 0 Å². The van der Waals surface area contributed by atoms with E-state index in [1.165, 1.54) is 0 Å². The lowest BCUT2D eigenvalue weighted by atomic mass is 10.1. The average Bonchev–Trinajstić information content (AvgIpc) is 2.92. The Balaban J connectivity index is 2.44. The SMILES string of the molecule is CCSc1cccc(N(C)C2CCOC2C)c1/C(N)=N/O. The van der Waals surface area contributed by atoms with Gasteiger partial charge < -0.3 is 20.6 Å². The zero-order valence-corrected chi connectivity index (χ0v) is 13.6. The van der Waals surface area contributed by atoms with E-state index in [9.17, 15) is 0 Å². The van der Waals surface area contributed by atoms with Crippen LogP contribution in [0.25, 0.3) is 0 Å². The Hall–Kier alpha value is -1.40. The van der Waals surface area contributed by atoms with Gasteiger partial charge in [0.1, 0.15) is 0 Å². The second-order valence-electron chi connectivity index (χ2n) is 5.11. The molecule has 116 valence electrons. The third-order valence-corrected chi connectivity index (χ3v) is 4.82. The molecule has 2 atom stereocenters. The van der Waals surface area contributed by atoms with Crippen molar-refractivity contribution in [2.24, 2.45) is 10.9 Å². The molecule has 0 spiro atoms. The standard InChI is InChI=1S/C15H23N3O2S/c1-4-21-13-7-5-6-12(14(13)15(16)17-19)18(3)11-8-9-20-10(11)2/h5-7,10-11,19H,4,8-9H2,1-3H3,(H2,16,17). The number of oxime groups is 1. The van der Waals surface area contributed by atoms with E-state index in [1.54, 1.807) is 11.8 Å². The summed E-state index contributed by atoms with van der Waals surface area (Å²) in [6, 6.07) is 6.33. The van der Waals surface area contributed by atoms with Crippen molar-refractivity contribution in [1.82, 2.24) is 0 Å². The molecule has 0 saturated carbocycles. The zero-order chi connectivity index (χ0) is 15.4. The normalized spacial score (nSPS) is 22.5. The predicted octanol–water partition coefficient (Wildman–Crippen LogP) is 2.51. The third kappa shape index (κ3) is 3.27. The molecular weight excluding hydrogens is 286 g/mol. The van der Waals surface area contributed by atoms with Crippen LogP contribution in [0.2, 0.25) is 0 Å². The topological polar surface area (TPSA) is 71.1 Å². The van der Waals surface area contributed by atoms with Crippen molar-refractivity contribution in [3.05, 3.63) is 23.8 Å². The van der Waals surface area contributed by atoms with Crippen LogP contribution in [0.1, 0.15) is 25.8 Å².